The van der Waals surface area contributed by atoms with Crippen LogP contribution in [-0.2, 0) is 4.74 Å². The molecule has 2 nitrogen and oxygen atoms in total. The first-order valence-corrected chi connectivity index (χ1v) is 8.36. The Balaban J connectivity index is 2.01. The molecule has 1 atom stereocenters. The first-order chi connectivity index (χ1) is 7.99. The average Bonchev–Trinajstić information content (AvgIpc) is 2.21. The second-order valence-corrected chi connectivity index (χ2v) is 8.93. The maximum Gasteiger partial charge on any atom is 0.177 e. The Hall–Kier alpha value is 0.170. The van der Waals surface area contributed by atoms with Crippen molar-refractivity contribution in [1.82, 2.24) is 0 Å². The molecule has 1 fully saturated rings. The van der Waals surface area contributed by atoms with E-state index in [2.05, 4.69) is 37.4 Å². The molecule has 0 saturated carbocycles. The van der Waals surface area contributed by atoms with E-state index in [0.29, 0.717) is 16.6 Å². The van der Waals surface area contributed by atoms with E-state index in [1.165, 1.54) is 31.4 Å². The fourth-order valence-corrected chi connectivity index (χ4v) is 5.31. The molecule has 0 aromatic carbocycles. The van der Waals surface area contributed by atoms with Crippen LogP contribution in [0.1, 0.15) is 52.9 Å². The van der Waals surface area contributed by atoms with Crippen molar-refractivity contribution in [3.63, 3.8) is 0 Å². The van der Waals surface area contributed by atoms with E-state index in [1.807, 2.05) is 0 Å². The first-order valence-electron chi connectivity index (χ1n) is 6.49. The highest BCUT2D eigenvalue weighted by atomic mass is 32.2. The Labute approximate surface area is 114 Å². The van der Waals surface area contributed by atoms with Crippen LogP contribution in [0.4, 0.5) is 0 Å². The Morgan fingerprint density at radius 1 is 1.35 bits per heavy atom. The van der Waals surface area contributed by atoms with Gasteiger partial charge in [-0.1, -0.05) is 12.8 Å². The van der Waals surface area contributed by atoms with E-state index in [-0.39, 0.29) is 0 Å². The van der Waals surface area contributed by atoms with E-state index in [1.54, 1.807) is 6.92 Å². The first kappa shape index (κ1) is 15.2. The molecule has 17 heavy (non-hydrogen) atoms. The highest BCUT2D eigenvalue weighted by Gasteiger charge is 2.28. The topological polar surface area (TPSA) is 33.1 Å². The van der Waals surface area contributed by atoms with Gasteiger partial charge in [-0.15, -0.1) is 23.5 Å². The highest BCUT2D eigenvalue weighted by Crippen LogP contribution is 2.46. The summed E-state index contributed by atoms with van der Waals surface area (Å²) in [7, 11) is 0. The lowest BCUT2D eigenvalue weighted by Crippen LogP contribution is -2.23. The van der Waals surface area contributed by atoms with Crippen LogP contribution in [0.5, 0.6) is 0 Å². The second-order valence-electron chi connectivity index (χ2n) is 5.03. The van der Waals surface area contributed by atoms with Crippen LogP contribution in [0, 0.1) is 5.41 Å². The van der Waals surface area contributed by atoms with Crippen molar-refractivity contribution in [1.29, 1.82) is 5.41 Å². The number of thioether (sulfide) groups is 2. The summed E-state index contributed by atoms with van der Waals surface area (Å²) in [5.74, 6) is 1.66. The summed E-state index contributed by atoms with van der Waals surface area (Å²) in [6.45, 7) is 7.09. The third kappa shape index (κ3) is 7.24. The predicted octanol–water partition coefficient (Wildman–Crippen LogP) is 4.54. The Bertz CT molecular complexity index is 244. The quantitative estimate of drug-likeness (QED) is 0.439. The molecule has 1 saturated heterocycles. The lowest BCUT2D eigenvalue weighted by atomic mass is 10.1. The molecule has 0 spiro atoms. The molecule has 0 bridgehead atoms. The summed E-state index contributed by atoms with van der Waals surface area (Å²) in [6.07, 6.45) is 6.34. The molecule has 4 heteroatoms. The van der Waals surface area contributed by atoms with Gasteiger partial charge in [-0.05, 0) is 38.9 Å². The number of rotatable bonds is 6. The van der Waals surface area contributed by atoms with Crippen LogP contribution in [-0.4, -0.2) is 27.6 Å². The molecule has 0 aromatic rings. The third-order valence-corrected chi connectivity index (χ3v) is 5.98. The van der Waals surface area contributed by atoms with Gasteiger partial charge in [-0.2, -0.15) is 0 Å². The van der Waals surface area contributed by atoms with Gasteiger partial charge in [0.25, 0.3) is 0 Å². The van der Waals surface area contributed by atoms with Gasteiger partial charge in [-0.25, -0.2) is 0 Å². The molecule has 1 aliphatic heterocycles. The lowest BCUT2D eigenvalue weighted by Gasteiger charge is -2.34. The molecule has 0 amide bonds. The number of unbranched alkanes of at least 4 members (excludes halogenated alkanes) is 2. The molecule has 0 radical (unpaired) electrons. The number of hydrogen-bond donors (Lipinski definition) is 1. The van der Waals surface area contributed by atoms with Crippen molar-refractivity contribution < 1.29 is 4.74 Å². The summed E-state index contributed by atoms with van der Waals surface area (Å²) in [5, 5.41) is 8.01. The standard InChI is InChI=1S/C13H25NOS2/c1-11(14)15-9-6-4-5-7-12-8-10-16-13(2,3)17-12/h12,14H,4-10H2,1-3H3. The van der Waals surface area contributed by atoms with Crippen LogP contribution in [0.25, 0.3) is 0 Å². The summed E-state index contributed by atoms with van der Waals surface area (Å²) < 4.78 is 5.56. The summed E-state index contributed by atoms with van der Waals surface area (Å²) >= 11 is 4.25. The minimum absolute atomic E-state index is 0.339. The Kier molecular flexibility index (Phi) is 6.78. The Morgan fingerprint density at radius 2 is 2.12 bits per heavy atom. The smallest absolute Gasteiger partial charge is 0.177 e. The average molecular weight is 275 g/mol. The Morgan fingerprint density at radius 3 is 2.76 bits per heavy atom. The summed E-state index contributed by atoms with van der Waals surface area (Å²) in [6, 6.07) is 0. The van der Waals surface area contributed by atoms with Gasteiger partial charge >= 0.3 is 0 Å². The number of nitrogens with one attached hydrogen (secondary N) is 1. The van der Waals surface area contributed by atoms with Crippen molar-refractivity contribution in [2.75, 3.05) is 12.4 Å². The zero-order valence-electron chi connectivity index (χ0n) is 11.3. The largest absolute Gasteiger partial charge is 0.481 e. The normalized spacial score (nSPS) is 23.4. The van der Waals surface area contributed by atoms with Crippen molar-refractivity contribution in [2.45, 2.75) is 62.2 Å². The van der Waals surface area contributed by atoms with Gasteiger partial charge in [0, 0.05) is 12.2 Å². The molecule has 1 rings (SSSR count). The SMILES string of the molecule is CC(=N)OCCCCCC1CCSC(C)(C)S1. The minimum Gasteiger partial charge on any atom is -0.481 e. The minimum atomic E-state index is 0.339. The maximum absolute atomic E-state index is 7.15. The van der Waals surface area contributed by atoms with Gasteiger partial charge in [0.1, 0.15) is 0 Å². The van der Waals surface area contributed by atoms with E-state index in [4.69, 9.17) is 10.1 Å². The fourth-order valence-electron chi connectivity index (χ4n) is 2.01. The van der Waals surface area contributed by atoms with Crippen LogP contribution in [0.15, 0.2) is 0 Å². The van der Waals surface area contributed by atoms with Crippen molar-refractivity contribution in [3.05, 3.63) is 0 Å². The van der Waals surface area contributed by atoms with Crippen LogP contribution < -0.4 is 0 Å². The van der Waals surface area contributed by atoms with Crippen molar-refractivity contribution in [3.8, 4) is 0 Å². The van der Waals surface area contributed by atoms with Gasteiger partial charge in [0.2, 0.25) is 0 Å². The van der Waals surface area contributed by atoms with Crippen LogP contribution >= 0.6 is 23.5 Å². The molecular weight excluding hydrogens is 250 g/mol. The van der Waals surface area contributed by atoms with E-state index < -0.39 is 0 Å². The molecule has 1 heterocycles. The van der Waals surface area contributed by atoms with Gasteiger partial charge in [0.15, 0.2) is 5.90 Å². The summed E-state index contributed by atoms with van der Waals surface area (Å²) in [4.78, 5) is 0. The fraction of sp³-hybridized carbons (Fsp3) is 0.923. The number of ether oxygens (including phenoxy) is 1. The van der Waals surface area contributed by atoms with Crippen LogP contribution in [0.3, 0.4) is 0 Å². The number of hydrogen-bond acceptors (Lipinski definition) is 4. The van der Waals surface area contributed by atoms with Gasteiger partial charge in [0.05, 0.1) is 10.7 Å². The van der Waals surface area contributed by atoms with Crippen LogP contribution in [0.2, 0.25) is 0 Å². The maximum atomic E-state index is 7.15. The summed E-state index contributed by atoms with van der Waals surface area (Å²) in [5.41, 5.74) is 0. The van der Waals surface area contributed by atoms with Gasteiger partial charge in [-0.3, -0.25) is 5.41 Å². The molecule has 0 aromatic heterocycles. The molecule has 1 unspecified atom stereocenters. The van der Waals surface area contributed by atoms with E-state index >= 15 is 0 Å². The van der Waals surface area contributed by atoms with Crippen molar-refractivity contribution >= 4 is 29.4 Å². The monoisotopic (exact) mass is 275 g/mol. The molecule has 1 N–H and O–H groups in total. The zero-order valence-corrected chi connectivity index (χ0v) is 12.9. The molecule has 100 valence electrons. The molecule has 1 aliphatic rings. The predicted molar refractivity (Wildman–Crippen MR) is 80.4 cm³/mol. The van der Waals surface area contributed by atoms with E-state index in [0.717, 1.165) is 11.7 Å². The second kappa shape index (κ2) is 7.57. The third-order valence-electron chi connectivity index (χ3n) is 2.83. The highest BCUT2D eigenvalue weighted by molar-refractivity contribution is 8.19. The lowest BCUT2D eigenvalue weighted by molar-refractivity contribution is 0.287. The van der Waals surface area contributed by atoms with Crippen molar-refractivity contribution in [2.24, 2.45) is 0 Å². The zero-order chi connectivity index (χ0) is 12.7. The molecular formula is C13H25NOS2. The van der Waals surface area contributed by atoms with Gasteiger partial charge < -0.3 is 4.74 Å². The molecule has 0 aliphatic carbocycles. The van der Waals surface area contributed by atoms with E-state index in [9.17, 15) is 0 Å².